The van der Waals surface area contributed by atoms with Gasteiger partial charge in [-0.15, -0.1) is 0 Å². The standard InChI is InChI=1S/C17H23ClN2O/c1-13(2)19-10-17-15(7-8-21-17)12-20(3)11-14-5-4-6-16(18)9-14/h4-9,13,19H,10-12H2,1-3H3. The first-order valence-electron chi connectivity index (χ1n) is 7.26. The number of hydrogen-bond acceptors (Lipinski definition) is 3. The summed E-state index contributed by atoms with van der Waals surface area (Å²) < 4.78 is 5.57. The molecule has 0 fully saturated rings. The van der Waals surface area contributed by atoms with E-state index in [9.17, 15) is 0 Å². The molecule has 1 aromatic carbocycles. The largest absolute Gasteiger partial charge is 0.468 e. The summed E-state index contributed by atoms with van der Waals surface area (Å²) in [5.74, 6) is 1.02. The fourth-order valence-corrected chi connectivity index (χ4v) is 2.47. The van der Waals surface area contributed by atoms with Gasteiger partial charge in [-0.2, -0.15) is 0 Å². The number of benzene rings is 1. The topological polar surface area (TPSA) is 28.4 Å². The minimum atomic E-state index is 0.451. The van der Waals surface area contributed by atoms with E-state index in [1.807, 2.05) is 24.3 Å². The zero-order valence-corrected chi connectivity index (χ0v) is 13.7. The van der Waals surface area contributed by atoms with Crippen molar-refractivity contribution < 1.29 is 4.42 Å². The van der Waals surface area contributed by atoms with Crippen molar-refractivity contribution >= 4 is 11.6 Å². The van der Waals surface area contributed by atoms with Crippen LogP contribution in [0.25, 0.3) is 0 Å². The number of halogens is 1. The maximum Gasteiger partial charge on any atom is 0.122 e. The van der Waals surface area contributed by atoms with Crippen molar-refractivity contribution in [3.63, 3.8) is 0 Å². The molecular formula is C17H23ClN2O. The highest BCUT2D eigenvalue weighted by molar-refractivity contribution is 6.30. The SMILES string of the molecule is CC(C)NCc1occc1CN(C)Cc1cccc(Cl)c1. The van der Waals surface area contributed by atoms with Gasteiger partial charge in [-0.25, -0.2) is 0 Å². The smallest absolute Gasteiger partial charge is 0.122 e. The van der Waals surface area contributed by atoms with E-state index < -0.39 is 0 Å². The normalized spacial score (nSPS) is 11.5. The van der Waals surface area contributed by atoms with Crippen LogP contribution < -0.4 is 5.32 Å². The molecule has 1 N–H and O–H groups in total. The van der Waals surface area contributed by atoms with Gasteiger partial charge in [0.2, 0.25) is 0 Å². The van der Waals surface area contributed by atoms with E-state index in [4.69, 9.17) is 16.0 Å². The Labute approximate surface area is 131 Å². The lowest BCUT2D eigenvalue weighted by Gasteiger charge is -2.17. The van der Waals surface area contributed by atoms with Crippen LogP contribution in [0.15, 0.2) is 41.0 Å². The van der Waals surface area contributed by atoms with Crippen LogP contribution in [0.2, 0.25) is 5.02 Å². The second-order valence-corrected chi connectivity index (χ2v) is 6.14. The monoisotopic (exact) mass is 306 g/mol. The first kappa shape index (κ1) is 16.1. The van der Waals surface area contributed by atoms with E-state index in [-0.39, 0.29) is 0 Å². The van der Waals surface area contributed by atoms with Crippen molar-refractivity contribution in [1.82, 2.24) is 10.2 Å². The molecule has 0 aliphatic heterocycles. The molecule has 1 aromatic heterocycles. The highest BCUT2D eigenvalue weighted by Crippen LogP contribution is 2.16. The fourth-order valence-electron chi connectivity index (χ4n) is 2.25. The lowest BCUT2D eigenvalue weighted by Crippen LogP contribution is -2.23. The van der Waals surface area contributed by atoms with Crippen molar-refractivity contribution in [3.8, 4) is 0 Å². The fraction of sp³-hybridized carbons (Fsp3) is 0.412. The summed E-state index contributed by atoms with van der Waals surface area (Å²) in [6.45, 7) is 6.76. The molecule has 4 heteroatoms. The van der Waals surface area contributed by atoms with E-state index in [0.29, 0.717) is 6.04 Å². The second kappa shape index (κ2) is 7.64. The minimum Gasteiger partial charge on any atom is -0.468 e. The van der Waals surface area contributed by atoms with Gasteiger partial charge in [-0.1, -0.05) is 37.6 Å². The first-order chi connectivity index (χ1) is 10.0. The summed E-state index contributed by atoms with van der Waals surface area (Å²) in [5, 5.41) is 4.17. The van der Waals surface area contributed by atoms with Crippen molar-refractivity contribution in [2.45, 2.75) is 39.5 Å². The highest BCUT2D eigenvalue weighted by Gasteiger charge is 2.10. The van der Waals surface area contributed by atoms with Crippen LogP contribution in [-0.2, 0) is 19.6 Å². The molecule has 0 aliphatic carbocycles. The molecule has 0 radical (unpaired) electrons. The maximum absolute atomic E-state index is 6.03. The van der Waals surface area contributed by atoms with Gasteiger partial charge < -0.3 is 9.73 Å². The summed E-state index contributed by atoms with van der Waals surface area (Å²) in [6.07, 6.45) is 1.76. The van der Waals surface area contributed by atoms with Crippen LogP contribution in [-0.4, -0.2) is 18.0 Å². The van der Waals surface area contributed by atoms with Crippen molar-refractivity contribution in [1.29, 1.82) is 0 Å². The molecule has 0 saturated heterocycles. The Kier molecular flexibility index (Phi) is 5.85. The van der Waals surface area contributed by atoms with Gasteiger partial charge in [-0.05, 0) is 30.8 Å². The number of rotatable bonds is 7. The quantitative estimate of drug-likeness (QED) is 0.836. The Morgan fingerprint density at radius 2 is 2.05 bits per heavy atom. The van der Waals surface area contributed by atoms with Gasteiger partial charge in [0.05, 0.1) is 12.8 Å². The molecule has 0 bridgehead atoms. The van der Waals surface area contributed by atoms with Gasteiger partial charge in [0.1, 0.15) is 5.76 Å². The molecule has 2 aromatic rings. The number of furan rings is 1. The predicted molar refractivity (Wildman–Crippen MR) is 87.3 cm³/mol. The van der Waals surface area contributed by atoms with Crippen molar-refractivity contribution in [2.75, 3.05) is 7.05 Å². The zero-order chi connectivity index (χ0) is 15.2. The summed E-state index contributed by atoms with van der Waals surface area (Å²) in [7, 11) is 2.10. The van der Waals surface area contributed by atoms with Crippen LogP contribution >= 0.6 is 11.6 Å². The molecule has 114 valence electrons. The van der Waals surface area contributed by atoms with E-state index >= 15 is 0 Å². The van der Waals surface area contributed by atoms with Crippen LogP contribution in [0.1, 0.15) is 30.7 Å². The third-order valence-electron chi connectivity index (χ3n) is 3.29. The van der Waals surface area contributed by atoms with Crippen LogP contribution in [0.4, 0.5) is 0 Å². The Balaban J connectivity index is 1.93. The van der Waals surface area contributed by atoms with Crippen molar-refractivity contribution in [3.05, 3.63) is 58.5 Å². The Hall–Kier alpha value is -1.29. The van der Waals surface area contributed by atoms with Crippen LogP contribution in [0.5, 0.6) is 0 Å². The third-order valence-corrected chi connectivity index (χ3v) is 3.53. The number of nitrogens with one attached hydrogen (secondary N) is 1. The minimum absolute atomic E-state index is 0.451. The number of nitrogens with zero attached hydrogens (tertiary/aromatic N) is 1. The molecule has 0 saturated carbocycles. The summed E-state index contributed by atoms with van der Waals surface area (Å²) in [5.41, 5.74) is 2.45. The third kappa shape index (κ3) is 5.20. The lowest BCUT2D eigenvalue weighted by molar-refractivity contribution is 0.314. The Morgan fingerprint density at radius 1 is 1.24 bits per heavy atom. The molecule has 3 nitrogen and oxygen atoms in total. The number of hydrogen-bond donors (Lipinski definition) is 1. The average Bonchev–Trinajstić information content (AvgIpc) is 2.83. The molecule has 0 spiro atoms. The van der Waals surface area contributed by atoms with Crippen molar-refractivity contribution in [2.24, 2.45) is 0 Å². The van der Waals surface area contributed by atoms with E-state index in [1.165, 1.54) is 11.1 Å². The Bertz CT molecular complexity index is 565. The summed E-state index contributed by atoms with van der Waals surface area (Å²) >= 11 is 6.03. The first-order valence-corrected chi connectivity index (χ1v) is 7.64. The zero-order valence-electron chi connectivity index (χ0n) is 12.9. The Morgan fingerprint density at radius 3 is 2.76 bits per heavy atom. The summed E-state index contributed by atoms with van der Waals surface area (Å²) in [4.78, 5) is 2.26. The van der Waals surface area contributed by atoms with Gasteiger partial charge in [0.15, 0.2) is 0 Å². The summed E-state index contributed by atoms with van der Waals surface area (Å²) in [6, 6.07) is 10.5. The molecule has 0 aliphatic rings. The van der Waals surface area contributed by atoms with E-state index in [2.05, 4.69) is 37.2 Å². The molecular weight excluding hydrogens is 284 g/mol. The molecule has 0 unspecified atom stereocenters. The molecule has 1 heterocycles. The van der Waals surface area contributed by atoms with Gasteiger partial charge in [0.25, 0.3) is 0 Å². The molecule has 0 atom stereocenters. The van der Waals surface area contributed by atoms with Crippen LogP contribution in [0.3, 0.4) is 0 Å². The van der Waals surface area contributed by atoms with Gasteiger partial charge in [-0.3, -0.25) is 4.90 Å². The second-order valence-electron chi connectivity index (χ2n) is 5.71. The van der Waals surface area contributed by atoms with E-state index in [1.54, 1.807) is 6.26 Å². The van der Waals surface area contributed by atoms with Gasteiger partial charge >= 0.3 is 0 Å². The highest BCUT2D eigenvalue weighted by atomic mass is 35.5. The lowest BCUT2D eigenvalue weighted by atomic mass is 10.2. The van der Waals surface area contributed by atoms with Crippen LogP contribution in [0, 0.1) is 0 Å². The average molecular weight is 307 g/mol. The molecule has 21 heavy (non-hydrogen) atoms. The maximum atomic E-state index is 6.03. The molecule has 2 rings (SSSR count). The van der Waals surface area contributed by atoms with Gasteiger partial charge in [0, 0.05) is 29.7 Å². The van der Waals surface area contributed by atoms with E-state index in [0.717, 1.165) is 30.4 Å². The predicted octanol–water partition coefficient (Wildman–Crippen LogP) is 4.06. The molecule has 0 amide bonds.